The van der Waals surface area contributed by atoms with Crippen LogP contribution < -0.4 is 14.9 Å². The molecule has 0 amide bonds. The molecule has 0 fully saturated rings. The summed E-state index contributed by atoms with van der Waals surface area (Å²) < 4.78 is 16.8. The van der Waals surface area contributed by atoms with Crippen molar-refractivity contribution < 1.29 is 23.8 Å². The van der Waals surface area contributed by atoms with Gasteiger partial charge in [-0.15, -0.1) is 0 Å². The number of fused-ring (bicyclic) bond motifs is 1. The van der Waals surface area contributed by atoms with Crippen molar-refractivity contribution in [2.24, 2.45) is 5.92 Å². The predicted octanol–water partition coefficient (Wildman–Crippen LogP) is 5.03. The first-order valence-electron chi connectivity index (χ1n) is 9.61. The molecule has 2 aromatic carbocycles. The van der Waals surface area contributed by atoms with Crippen molar-refractivity contribution in [3.05, 3.63) is 64.5 Å². The largest absolute Gasteiger partial charge is 0.478 e. The molecule has 1 aromatic heterocycles. The number of carbonyl (C=O) groups is 1. The van der Waals surface area contributed by atoms with Crippen LogP contribution in [-0.2, 0) is 11.2 Å². The maximum Gasteiger partial charge on any atom is 0.345 e. The number of hydrogen-bond donors (Lipinski definition) is 1. The Morgan fingerprint density at radius 3 is 2.41 bits per heavy atom. The third kappa shape index (κ3) is 4.77. The average molecular weight is 396 g/mol. The number of carboxylic acids is 1. The fraction of sp³-hybridized carbons (Fsp3) is 0.304. The van der Waals surface area contributed by atoms with E-state index in [2.05, 4.69) is 6.92 Å². The molecular formula is C23H24O6. The molecule has 152 valence electrons. The molecule has 1 N–H and O–H groups in total. The number of rotatable bonds is 8. The fourth-order valence-electron chi connectivity index (χ4n) is 2.99. The molecule has 6 heteroatoms. The second kappa shape index (κ2) is 8.82. The Morgan fingerprint density at radius 1 is 1.10 bits per heavy atom. The van der Waals surface area contributed by atoms with Crippen LogP contribution in [0.5, 0.6) is 17.2 Å². The van der Waals surface area contributed by atoms with Crippen molar-refractivity contribution in [1.82, 2.24) is 0 Å². The van der Waals surface area contributed by atoms with Gasteiger partial charge in [-0.25, -0.2) is 4.79 Å². The van der Waals surface area contributed by atoms with Gasteiger partial charge in [-0.1, -0.05) is 39.3 Å². The summed E-state index contributed by atoms with van der Waals surface area (Å²) in [6, 6.07) is 12.2. The molecule has 1 heterocycles. The third-order valence-electron chi connectivity index (χ3n) is 4.52. The predicted molar refractivity (Wildman–Crippen MR) is 110 cm³/mol. The second-order valence-electron chi connectivity index (χ2n) is 7.20. The van der Waals surface area contributed by atoms with Gasteiger partial charge in [-0.2, -0.15) is 0 Å². The first-order valence-corrected chi connectivity index (χ1v) is 9.61. The van der Waals surface area contributed by atoms with Crippen LogP contribution in [0.4, 0.5) is 0 Å². The Hall–Kier alpha value is -3.28. The van der Waals surface area contributed by atoms with Crippen LogP contribution in [0, 0.1) is 5.92 Å². The van der Waals surface area contributed by atoms with E-state index in [-0.39, 0.29) is 17.1 Å². The van der Waals surface area contributed by atoms with Crippen LogP contribution in [0.2, 0.25) is 0 Å². The minimum absolute atomic E-state index is 0.0833. The molecule has 3 aromatic rings. The van der Waals surface area contributed by atoms with Crippen molar-refractivity contribution in [3.8, 4) is 17.2 Å². The Bertz CT molecular complexity index is 1050. The van der Waals surface area contributed by atoms with E-state index >= 15 is 0 Å². The van der Waals surface area contributed by atoms with Gasteiger partial charge in [0.1, 0.15) is 23.3 Å². The van der Waals surface area contributed by atoms with Crippen LogP contribution in [0.1, 0.15) is 32.8 Å². The fourth-order valence-corrected chi connectivity index (χ4v) is 2.99. The van der Waals surface area contributed by atoms with E-state index in [1.807, 2.05) is 24.3 Å². The van der Waals surface area contributed by atoms with Crippen molar-refractivity contribution in [2.45, 2.75) is 39.7 Å². The van der Waals surface area contributed by atoms with Gasteiger partial charge in [-0.05, 0) is 36.2 Å². The summed E-state index contributed by atoms with van der Waals surface area (Å²) in [5.41, 5.74) is 1.19. The Labute approximate surface area is 168 Å². The summed E-state index contributed by atoms with van der Waals surface area (Å²) in [6.07, 6.45) is 2.32. The first-order chi connectivity index (χ1) is 13.9. The molecule has 0 aliphatic rings. The highest BCUT2D eigenvalue weighted by Crippen LogP contribution is 2.25. The summed E-state index contributed by atoms with van der Waals surface area (Å²) in [5.74, 6) is -0.301. The van der Waals surface area contributed by atoms with Gasteiger partial charge in [0, 0.05) is 12.0 Å². The molecule has 0 saturated heterocycles. The molecule has 0 aliphatic heterocycles. The lowest BCUT2D eigenvalue weighted by Crippen LogP contribution is -2.32. The zero-order valence-electron chi connectivity index (χ0n) is 16.7. The van der Waals surface area contributed by atoms with Crippen LogP contribution in [0.3, 0.4) is 0 Å². The summed E-state index contributed by atoms with van der Waals surface area (Å²) in [6.45, 7) is 5.64. The van der Waals surface area contributed by atoms with E-state index in [4.69, 9.17) is 13.9 Å². The van der Waals surface area contributed by atoms with Gasteiger partial charge in [0.2, 0.25) is 11.2 Å². The highest BCUT2D eigenvalue weighted by atomic mass is 16.5. The number of benzene rings is 2. The number of aryl methyl sites for hydroxylation is 1. The molecule has 0 aliphatic carbocycles. The molecule has 0 bridgehead atoms. The minimum Gasteiger partial charge on any atom is -0.478 e. The molecule has 0 radical (unpaired) electrons. The standard InChI is InChI=1S/C23H24O6/c1-4-5-15-6-8-16(9-7-15)28-20-13-27-19-12-17(10-11-18(19)21(20)24)29-22(14(2)3)23(25)26/h6-14,22H,4-5H2,1-3H3,(H,25,26). The lowest BCUT2D eigenvalue weighted by Gasteiger charge is -2.18. The van der Waals surface area contributed by atoms with E-state index < -0.39 is 12.1 Å². The highest BCUT2D eigenvalue weighted by Gasteiger charge is 2.23. The van der Waals surface area contributed by atoms with E-state index in [0.717, 1.165) is 12.8 Å². The summed E-state index contributed by atoms with van der Waals surface area (Å²) >= 11 is 0. The maximum absolute atomic E-state index is 12.7. The third-order valence-corrected chi connectivity index (χ3v) is 4.52. The van der Waals surface area contributed by atoms with E-state index in [1.165, 1.54) is 17.9 Å². The van der Waals surface area contributed by atoms with Gasteiger partial charge < -0.3 is 19.0 Å². The average Bonchev–Trinajstić information content (AvgIpc) is 2.69. The molecule has 0 saturated carbocycles. The number of hydrogen-bond acceptors (Lipinski definition) is 5. The van der Waals surface area contributed by atoms with Gasteiger partial charge in [0.25, 0.3) is 0 Å². The van der Waals surface area contributed by atoms with Crippen LogP contribution >= 0.6 is 0 Å². The van der Waals surface area contributed by atoms with Crippen molar-refractivity contribution >= 4 is 16.9 Å². The van der Waals surface area contributed by atoms with Crippen LogP contribution in [-0.4, -0.2) is 17.2 Å². The van der Waals surface area contributed by atoms with E-state index in [1.54, 1.807) is 26.0 Å². The van der Waals surface area contributed by atoms with Crippen molar-refractivity contribution in [2.75, 3.05) is 0 Å². The van der Waals surface area contributed by atoms with Gasteiger partial charge >= 0.3 is 5.97 Å². The number of ether oxygens (including phenoxy) is 2. The minimum atomic E-state index is -1.05. The monoisotopic (exact) mass is 396 g/mol. The maximum atomic E-state index is 12.7. The van der Waals surface area contributed by atoms with Crippen molar-refractivity contribution in [1.29, 1.82) is 0 Å². The zero-order valence-corrected chi connectivity index (χ0v) is 16.7. The Balaban J connectivity index is 1.84. The quantitative estimate of drug-likeness (QED) is 0.575. The summed E-state index contributed by atoms with van der Waals surface area (Å²) in [5, 5.41) is 9.60. The lowest BCUT2D eigenvalue weighted by atomic mass is 10.1. The molecule has 3 rings (SSSR count). The molecule has 29 heavy (non-hydrogen) atoms. The van der Waals surface area contributed by atoms with Gasteiger partial charge in [0.15, 0.2) is 6.10 Å². The molecular weight excluding hydrogens is 372 g/mol. The summed E-state index contributed by atoms with van der Waals surface area (Å²) in [4.78, 5) is 24.1. The molecule has 1 unspecified atom stereocenters. The zero-order chi connectivity index (χ0) is 21.0. The highest BCUT2D eigenvalue weighted by molar-refractivity contribution is 5.79. The van der Waals surface area contributed by atoms with Gasteiger partial charge in [-0.3, -0.25) is 4.79 Å². The molecule has 1 atom stereocenters. The summed E-state index contributed by atoms with van der Waals surface area (Å²) in [7, 11) is 0. The number of carboxylic acid groups (broad SMARTS) is 1. The van der Waals surface area contributed by atoms with Crippen LogP contribution in [0.25, 0.3) is 11.0 Å². The van der Waals surface area contributed by atoms with Crippen LogP contribution in [0.15, 0.2) is 57.9 Å². The number of aliphatic carboxylic acids is 1. The van der Waals surface area contributed by atoms with E-state index in [0.29, 0.717) is 22.5 Å². The van der Waals surface area contributed by atoms with Crippen molar-refractivity contribution in [3.63, 3.8) is 0 Å². The van der Waals surface area contributed by atoms with Gasteiger partial charge in [0.05, 0.1) is 5.39 Å². The normalized spacial score (nSPS) is 12.1. The lowest BCUT2D eigenvalue weighted by molar-refractivity contribution is -0.147. The first kappa shape index (κ1) is 20.5. The topological polar surface area (TPSA) is 86.0 Å². The second-order valence-corrected chi connectivity index (χ2v) is 7.20. The smallest absolute Gasteiger partial charge is 0.345 e. The SMILES string of the molecule is CCCc1ccc(Oc2coc3cc(OC(C(=O)O)C(C)C)ccc3c2=O)cc1. The Morgan fingerprint density at radius 2 is 1.79 bits per heavy atom. The Kier molecular flexibility index (Phi) is 6.22. The molecule has 6 nitrogen and oxygen atoms in total. The van der Waals surface area contributed by atoms with E-state index in [9.17, 15) is 14.7 Å². The molecule has 0 spiro atoms.